The maximum absolute atomic E-state index is 9.30. The molecule has 2 rings (SSSR count). The van der Waals surface area contributed by atoms with Gasteiger partial charge in [-0.15, -0.1) is 11.3 Å². The highest BCUT2D eigenvalue weighted by molar-refractivity contribution is 7.11. The summed E-state index contributed by atoms with van der Waals surface area (Å²) in [6.45, 7) is 8.39. The van der Waals surface area contributed by atoms with Crippen molar-refractivity contribution >= 4 is 17.3 Å². The highest BCUT2D eigenvalue weighted by Crippen LogP contribution is 2.16. The number of hydrogen-bond donors (Lipinski definition) is 3. The van der Waals surface area contributed by atoms with E-state index in [2.05, 4.69) is 27.5 Å². The van der Waals surface area contributed by atoms with E-state index < -0.39 is 0 Å². The number of nitrogens with one attached hydrogen (secondary N) is 2. The van der Waals surface area contributed by atoms with Gasteiger partial charge in [0, 0.05) is 24.4 Å². The fourth-order valence-corrected chi connectivity index (χ4v) is 2.98. The second-order valence-corrected chi connectivity index (χ2v) is 6.58. The van der Waals surface area contributed by atoms with Gasteiger partial charge < -0.3 is 15.7 Å². The number of nitrogens with zero attached hydrogens (tertiary/aromatic N) is 2. The Morgan fingerprint density at radius 1 is 1.22 bits per heavy atom. The van der Waals surface area contributed by atoms with Crippen LogP contribution in [0.2, 0.25) is 0 Å². The van der Waals surface area contributed by atoms with E-state index in [1.165, 1.54) is 4.88 Å². The Balaban J connectivity index is 1.87. The molecule has 0 fully saturated rings. The van der Waals surface area contributed by atoms with E-state index in [-0.39, 0.29) is 5.75 Å². The van der Waals surface area contributed by atoms with Crippen LogP contribution in [0, 0.1) is 13.8 Å². The number of rotatable bonds is 6. The van der Waals surface area contributed by atoms with Crippen molar-refractivity contribution < 1.29 is 5.11 Å². The number of hydrogen-bond acceptors (Lipinski definition) is 4. The van der Waals surface area contributed by atoms with Gasteiger partial charge in [-0.1, -0.05) is 12.1 Å². The van der Waals surface area contributed by atoms with E-state index >= 15 is 0 Å². The fourth-order valence-electron chi connectivity index (χ4n) is 2.05. The second kappa shape index (κ2) is 8.53. The van der Waals surface area contributed by atoms with E-state index in [9.17, 15) is 5.11 Å². The van der Waals surface area contributed by atoms with Crippen LogP contribution < -0.4 is 10.6 Å². The third kappa shape index (κ3) is 5.56. The molecule has 0 amide bonds. The SMILES string of the molecule is CCNC(=NCc1ccc(O)cc1)NCCc1nc(C)c(C)s1. The van der Waals surface area contributed by atoms with E-state index in [1.54, 1.807) is 23.5 Å². The average molecular weight is 332 g/mol. The van der Waals surface area contributed by atoms with Crippen LogP contribution in [0.3, 0.4) is 0 Å². The third-order valence-electron chi connectivity index (χ3n) is 3.40. The van der Waals surface area contributed by atoms with E-state index in [4.69, 9.17) is 0 Å². The summed E-state index contributed by atoms with van der Waals surface area (Å²) >= 11 is 1.76. The number of thiazole rings is 1. The van der Waals surface area contributed by atoms with Gasteiger partial charge in [-0.3, -0.25) is 0 Å². The number of aliphatic imine (C=N–C) groups is 1. The Hall–Kier alpha value is -2.08. The molecule has 0 aliphatic carbocycles. The predicted molar refractivity (Wildman–Crippen MR) is 96.2 cm³/mol. The zero-order valence-corrected chi connectivity index (χ0v) is 14.7. The van der Waals surface area contributed by atoms with Crippen molar-refractivity contribution in [2.45, 2.75) is 33.7 Å². The molecule has 0 aliphatic heterocycles. The summed E-state index contributed by atoms with van der Waals surface area (Å²) < 4.78 is 0. The van der Waals surface area contributed by atoms with Crippen LogP contribution in [0.25, 0.3) is 0 Å². The monoisotopic (exact) mass is 332 g/mol. The van der Waals surface area contributed by atoms with Crippen LogP contribution in [0.15, 0.2) is 29.3 Å². The Kier molecular flexibility index (Phi) is 6.40. The van der Waals surface area contributed by atoms with E-state index in [1.807, 2.05) is 26.0 Å². The Morgan fingerprint density at radius 2 is 1.96 bits per heavy atom. The standard InChI is InChI=1S/C17H24N4OS/c1-4-18-17(20-11-14-5-7-15(22)8-6-14)19-10-9-16-21-12(2)13(3)23-16/h5-8,22H,4,9-11H2,1-3H3,(H2,18,19,20). The molecular weight excluding hydrogens is 308 g/mol. The summed E-state index contributed by atoms with van der Waals surface area (Å²) in [5.74, 6) is 1.07. The number of phenols is 1. The normalized spacial score (nSPS) is 11.5. The van der Waals surface area contributed by atoms with E-state index in [0.717, 1.165) is 41.7 Å². The molecule has 6 heteroatoms. The first kappa shape index (κ1) is 17.3. The molecule has 2 aromatic rings. The molecule has 3 N–H and O–H groups in total. The van der Waals surface area contributed by atoms with Crippen LogP contribution in [-0.2, 0) is 13.0 Å². The number of aromatic nitrogens is 1. The fraction of sp³-hybridized carbons (Fsp3) is 0.412. The van der Waals surface area contributed by atoms with Crippen molar-refractivity contribution in [1.82, 2.24) is 15.6 Å². The number of aryl methyl sites for hydroxylation is 2. The van der Waals surface area contributed by atoms with Crippen molar-refractivity contribution in [3.8, 4) is 5.75 Å². The topological polar surface area (TPSA) is 69.5 Å². The zero-order valence-electron chi connectivity index (χ0n) is 13.9. The minimum atomic E-state index is 0.275. The maximum atomic E-state index is 9.30. The van der Waals surface area contributed by atoms with E-state index in [0.29, 0.717) is 6.54 Å². The van der Waals surface area contributed by atoms with Crippen molar-refractivity contribution in [3.05, 3.63) is 45.4 Å². The van der Waals surface area contributed by atoms with Crippen LogP contribution >= 0.6 is 11.3 Å². The van der Waals surface area contributed by atoms with Crippen molar-refractivity contribution in [3.63, 3.8) is 0 Å². The van der Waals surface area contributed by atoms with Crippen LogP contribution in [0.1, 0.15) is 28.1 Å². The average Bonchev–Trinajstić information content (AvgIpc) is 2.85. The second-order valence-electron chi connectivity index (χ2n) is 5.29. The summed E-state index contributed by atoms with van der Waals surface area (Å²) in [6, 6.07) is 7.11. The molecule has 0 unspecified atom stereocenters. The lowest BCUT2D eigenvalue weighted by Gasteiger charge is -2.10. The Labute approximate surface area is 141 Å². The van der Waals surface area contributed by atoms with Crippen LogP contribution in [0.5, 0.6) is 5.75 Å². The highest BCUT2D eigenvalue weighted by atomic mass is 32.1. The predicted octanol–water partition coefficient (Wildman–Crippen LogP) is 2.76. The molecule has 0 radical (unpaired) electrons. The molecule has 0 saturated carbocycles. The highest BCUT2D eigenvalue weighted by Gasteiger charge is 2.04. The van der Waals surface area contributed by atoms with Gasteiger partial charge in [0.1, 0.15) is 5.75 Å². The van der Waals surface area contributed by atoms with Crippen molar-refractivity contribution in [2.75, 3.05) is 13.1 Å². The van der Waals surface area contributed by atoms with Gasteiger partial charge in [0.05, 0.1) is 17.2 Å². The molecule has 0 saturated heterocycles. The van der Waals surface area contributed by atoms with Crippen molar-refractivity contribution in [1.29, 1.82) is 0 Å². The smallest absolute Gasteiger partial charge is 0.191 e. The maximum Gasteiger partial charge on any atom is 0.191 e. The molecule has 1 aromatic heterocycles. The van der Waals surface area contributed by atoms with Gasteiger partial charge in [0.2, 0.25) is 0 Å². The molecule has 124 valence electrons. The molecule has 0 bridgehead atoms. The summed E-state index contributed by atoms with van der Waals surface area (Å²) in [5.41, 5.74) is 2.18. The first-order valence-corrected chi connectivity index (χ1v) is 8.63. The van der Waals surface area contributed by atoms with Gasteiger partial charge in [-0.25, -0.2) is 9.98 Å². The first-order chi connectivity index (χ1) is 11.1. The molecule has 5 nitrogen and oxygen atoms in total. The van der Waals surface area contributed by atoms with Gasteiger partial charge in [-0.05, 0) is 38.5 Å². The van der Waals surface area contributed by atoms with Gasteiger partial charge >= 0.3 is 0 Å². The Morgan fingerprint density at radius 3 is 2.57 bits per heavy atom. The molecule has 1 heterocycles. The van der Waals surface area contributed by atoms with Gasteiger partial charge in [0.25, 0.3) is 0 Å². The van der Waals surface area contributed by atoms with Crippen molar-refractivity contribution in [2.24, 2.45) is 4.99 Å². The van der Waals surface area contributed by atoms with Crippen LogP contribution in [0.4, 0.5) is 0 Å². The van der Waals surface area contributed by atoms with Gasteiger partial charge in [0.15, 0.2) is 5.96 Å². The lowest BCUT2D eigenvalue weighted by Crippen LogP contribution is -2.38. The first-order valence-electron chi connectivity index (χ1n) is 7.81. The minimum absolute atomic E-state index is 0.275. The molecule has 1 aromatic carbocycles. The Bertz CT molecular complexity index is 630. The third-order valence-corrected chi connectivity index (χ3v) is 4.54. The molecule has 0 aliphatic rings. The molecule has 23 heavy (non-hydrogen) atoms. The summed E-state index contributed by atoms with van der Waals surface area (Å²) in [7, 11) is 0. The quantitative estimate of drug-likeness (QED) is 0.562. The summed E-state index contributed by atoms with van der Waals surface area (Å²) in [6.07, 6.45) is 0.892. The minimum Gasteiger partial charge on any atom is -0.508 e. The molecular formula is C17H24N4OS. The molecule has 0 spiro atoms. The largest absolute Gasteiger partial charge is 0.508 e. The van der Waals surface area contributed by atoms with Gasteiger partial charge in [-0.2, -0.15) is 0 Å². The lowest BCUT2D eigenvalue weighted by atomic mass is 10.2. The summed E-state index contributed by atoms with van der Waals surface area (Å²) in [4.78, 5) is 10.4. The number of aromatic hydroxyl groups is 1. The summed E-state index contributed by atoms with van der Waals surface area (Å²) in [5, 5.41) is 17.0. The lowest BCUT2D eigenvalue weighted by molar-refractivity contribution is 0.475. The number of phenolic OH excluding ortho intramolecular Hbond substituents is 1. The zero-order chi connectivity index (χ0) is 16.7. The molecule has 0 atom stereocenters. The van der Waals surface area contributed by atoms with Crippen LogP contribution in [-0.4, -0.2) is 29.1 Å². The number of guanidine groups is 1. The number of benzene rings is 1.